The quantitative estimate of drug-likeness (QED) is 0.781. The van der Waals surface area contributed by atoms with Crippen LogP contribution in [-0.4, -0.2) is 11.9 Å². The standard InChI is InChI=1S/C12H15NOS/c14-12(13-10-4-1-2-5-10)8-7-11-6-3-9-15-11/h3,6-10H,1-2,4-5H2,(H,13,14)/b8-7+. The van der Waals surface area contributed by atoms with Crippen LogP contribution in [0.4, 0.5) is 0 Å². The normalized spacial score (nSPS) is 17.3. The predicted molar refractivity (Wildman–Crippen MR) is 63.8 cm³/mol. The number of rotatable bonds is 3. The molecule has 1 N–H and O–H groups in total. The Morgan fingerprint density at radius 3 is 2.93 bits per heavy atom. The van der Waals surface area contributed by atoms with Gasteiger partial charge in [0, 0.05) is 17.0 Å². The fourth-order valence-corrected chi connectivity index (χ4v) is 2.48. The Labute approximate surface area is 94.0 Å². The summed E-state index contributed by atoms with van der Waals surface area (Å²) >= 11 is 1.64. The highest BCUT2D eigenvalue weighted by Crippen LogP contribution is 2.17. The van der Waals surface area contributed by atoms with E-state index in [2.05, 4.69) is 5.32 Å². The molecule has 0 aliphatic heterocycles. The maximum atomic E-state index is 11.5. The van der Waals surface area contributed by atoms with E-state index in [-0.39, 0.29) is 5.91 Å². The van der Waals surface area contributed by atoms with Crippen LogP contribution in [0.2, 0.25) is 0 Å². The van der Waals surface area contributed by atoms with Crippen LogP contribution in [0.3, 0.4) is 0 Å². The van der Waals surface area contributed by atoms with Crippen LogP contribution in [0.1, 0.15) is 30.6 Å². The third-order valence-electron chi connectivity index (χ3n) is 2.64. The van der Waals surface area contributed by atoms with Crippen LogP contribution < -0.4 is 5.32 Å². The second kappa shape index (κ2) is 5.12. The van der Waals surface area contributed by atoms with E-state index < -0.39 is 0 Å². The van der Waals surface area contributed by atoms with Gasteiger partial charge < -0.3 is 5.32 Å². The number of nitrogens with one attached hydrogen (secondary N) is 1. The number of thiophene rings is 1. The molecule has 1 aliphatic carbocycles. The molecule has 2 nitrogen and oxygen atoms in total. The van der Waals surface area contributed by atoms with Gasteiger partial charge in [0.15, 0.2) is 0 Å². The summed E-state index contributed by atoms with van der Waals surface area (Å²) in [5, 5.41) is 5.03. The van der Waals surface area contributed by atoms with Crippen LogP contribution in [0.25, 0.3) is 6.08 Å². The van der Waals surface area contributed by atoms with Crippen molar-refractivity contribution in [2.24, 2.45) is 0 Å². The largest absolute Gasteiger partial charge is 0.350 e. The fraction of sp³-hybridized carbons (Fsp3) is 0.417. The smallest absolute Gasteiger partial charge is 0.244 e. The van der Waals surface area contributed by atoms with Gasteiger partial charge in [-0.05, 0) is 30.4 Å². The van der Waals surface area contributed by atoms with Crippen LogP contribution in [0, 0.1) is 0 Å². The van der Waals surface area contributed by atoms with Crippen LogP contribution >= 0.6 is 11.3 Å². The van der Waals surface area contributed by atoms with Crippen molar-refractivity contribution in [3.05, 3.63) is 28.5 Å². The van der Waals surface area contributed by atoms with Gasteiger partial charge >= 0.3 is 0 Å². The molecule has 1 aliphatic rings. The third kappa shape index (κ3) is 3.20. The van der Waals surface area contributed by atoms with Gasteiger partial charge in [-0.3, -0.25) is 4.79 Å². The lowest BCUT2D eigenvalue weighted by Gasteiger charge is -2.08. The van der Waals surface area contributed by atoms with Crippen molar-refractivity contribution in [2.75, 3.05) is 0 Å². The molecule has 1 aromatic heterocycles. The highest BCUT2D eigenvalue weighted by molar-refractivity contribution is 7.10. The Morgan fingerprint density at radius 1 is 1.47 bits per heavy atom. The van der Waals surface area contributed by atoms with Gasteiger partial charge in [-0.25, -0.2) is 0 Å². The van der Waals surface area contributed by atoms with Gasteiger partial charge in [0.25, 0.3) is 0 Å². The minimum atomic E-state index is 0.0373. The van der Waals surface area contributed by atoms with Crippen molar-refractivity contribution in [1.29, 1.82) is 0 Å². The van der Waals surface area contributed by atoms with E-state index in [9.17, 15) is 4.79 Å². The van der Waals surface area contributed by atoms with E-state index in [0.717, 1.165) is 17.7 Å². The lowest BCUT2D eigenvalue weighted by molar-refractivity contribution is -0.117. The second-order valence-electron chi connectivity index (χ2n) is 3.84. The van der Waals surface area contributed by atoms with Crippen molar-refractivity contribution >= 4 is 23.3 Å². The summed E-state index contributed by atoms with van der Waals surface area (Å²) in [5.41, 5.74) is 0. The molecule has 2 rings (SSSR count). The fourth-order valence-electron chi connectivity index (χ4n) is 1.86. The molecule has 1 fully saturated rings. The van der Waals surface area contributed by atoms with E-state index in [1.54, 1.807) is 17.4 Å². The minimum Gasteiger partial charge on any atom is -0.350 e. The summed E-state index contributed by atoms with van der Waals surface area (Å²) in [7, 11) is 0. The predicted octanol–water partition coefficient (Wildman–Crippen LogP) is 2.82. The van der Waals surface area contributed by atoms with Crippen molar-refractivity contribution in [3.63, 3.8) is 0 Å². The molecular weight excluding hydrogens is 206 g/mol. The number of carbonyl (C=O) groups excluding carboxylic acids is 1. The highest BCUT2D eigenvalue weighted by atomic mass is 32.1. The first-order valence-electron chi connectivity index (χ1n) is 5.37. The summed E-state index contributed by atoms with van der Waals surface area (Å²) in [6.45, 7) is 0. The first-order valence-corrected chi connectivity index (χ1v) is 6.24. The molecule has 0 aromatic carbocycles. The maximum absolute atomic E-state index is 11.5. The highest BCUT2D eigenvalue weighted by Gasteiger charge is 2.15. The average Bonchev–Trinajstić information content (AvgIpc) is 2.86. The molecule has 0 unspecified atom stereocenters. The number of carbonyl (C=O) groups is 1. The van der Waals surface area contributed by atoms with Crippen molar-refractivity contribution in [2.45, 2.75) is 31.7 Å². The molecule has 80 valence electrons. The first kappa shape index (κ1) is 10.4. The Balaban J connectivity index is 1.81. The van der Waals surface area contributed by atoms with Crippen LogP contribution in [0.5, 0.6) is 0 Å². The Bertz CT molecular complexity index is 337. The lowest BCUT2D eigenvalue weighted by atomic mass is 10.2. The minimum absolute atomic E-state index is 0.0373. The van der Waals surface area contributed by atoms with E-state index in [1.165, 1.54) is 12.8 Å². The Kier molecular flexibility index (Phi) is 3.56. The number of amides is 1. The molecule has 0 saturated heterocycles. The molecule has 15 heavy (non-hydrogen) atoms. The topological polar surface area (TPSA) is 29.1 Å². The molecule has 1 saturated carbocycles. The van der Waals surface area contributed by atoms with Crippen molar-refractivity contribution in [3.8, 4) is 0 Å². The van der Waals surface area contributed by atoms with Crippen molar-refractivity contribution in [1.82, 2.24) is 5.32 Å². The molecular formula is C12H15NOS. The SMILES string of the molecule is O=C(/C=C/c1cccs1)NC1CCCC1. The summed E-state index contributed by atoms with van der Waals surface area (Å²) in [6, 6.07) is 4.40. The zero-order chi connectivity index (χ0) is 10.5. The molecule has 1 amide bonds. The van der Waals surface area contributed by atoms with Crippen LogP contribution in [0.15, 0.2) is 23.6 Å². The van der Waals surface area contributed by atoms with E-state index in [0.29, 0.717) is 6.04 Å². The van der Waals surface area contributed by atoms with Gasteiger partial charge in [0.1, 0.15) is 0 Å². The van der Waals surface area contributed by atoms with Crippen molar-refractivity contribution < 1.29 is 4.79 Å². The van der Waals surface area contributed by atoms with Gasteiger partial charge in [-0.2, -0.15) is 0 Å². The first-order chi connectivity index (χ1) is 7.34. The third-order valence-corrected chi connectivity index (χ3v) is 3.48. The van der Waals surface area contributed by atoms with Gasteiger partial charge in [-0.15, -0.1) is 11.3 Å². The summed E-state index contributed by atoms with van der Waals surface area (Å²) < 4.78 is 0. The zero-order valence-corrected chi connectivity index (χ0v) is 9.43. The van der Waals surface area contributed by atoms with Crippen LogP contribution in [-0.2, 0) is 4.79 Å². The molecule has 3 heteroatoms. The second-order valence-corrected chi connectivity index (χ2v) is 4.82. The lowest BCUT2D eigenvalue weighted by Crippen LogP contribution is -2.30. The molecule has 0 radical (unpaired) electrons. The number of hydrogen-bond donors (Lipinski definition) is 1. The van der Waals surface area contributed by atoms with E-state index in [1.807, 2.05) is 23.6 Å². The van der Waals surface area contributed by atoms with Gasteiger partial charge in [0.2, 0.25) is 5.91 Å². The molecule has 0 bridgehead atoms. The summed E-state index contributed by atoms with van der Waals surface area (Å²) in [5.74, 6) is 0.0373. The molecule has 1 aromatic rings. The molecule has 0 atom stereocenters. The Morgan fingerprint density at radius 2 is 2.27 bits per heavy atom. The number of hydrogen-bond acceptors (Lipinski definition) is 2. The van der Waals surface area contributed by atoms with Gasteiger partial charge in [-0.1, -0.05) is 18.9 Å². The monoisotopic (exact) mass is 221 g/mol. The maximum Gasteiger partial charge on any atom is 0.244 e. The van der Waals surface area contributed by atoms with Gasteiger partial charge in [0.05, 0.1) is 0 Å². The Hall–Kier alpha value is -1.09. The zero-order valence-electron chi connectivity index (χ0n) is 8.61. The summed E-state index contributed by atoms with van der Waals surface area (Å²) in [6.07, 6.45) is 8.27. The van der Waals surface area contributed by atoms with E-state index >= 15 is 0 Å². The molecule has 1 heterocycles. The van der Waals surface area contributed by atoms with E-state index in [4.69, 9.17) is 0 Å². The molecule has 0 spiro atoms. The summed E-state index contributed by atoms with van der Waals surface area (Å²) in [4.78, 5) is 12.6. The average molecular weight is 221 g/mol.